The third kappa shape index (κ3) is 3.96. The van der Waals surface area contributed by atoms with Crippen LogP contribution < -0.4 is 10.5 Å². The Kier molecular flexibility index (Phi) is 4.77. The van der Waals surface area contributed by atoms with Gasteiger partial charge in [0, 0.05) is 18.5 Å². The summed E-state index contributed by atoms with van der Waals surface area (Å²) in [5.41, 5.74) is 7.21. The molecular formula is C13H22N2O4S2. The fourth-order valence-electron chi connectivity index (χ4n) is 1.88. The molecule has 1 aromatic carbocycles. The van der Waals surface area contributed by atoms with E-state index in [9.17, 15) is 16.8 Å². The Morgan fingerprint density at radius 2 is 1.52 bits per heavy atom. The third-order valence-corrected chi connectivity index (χ3v) is 7.30. The summed E-state index contributed by atoms with van der Waals surface area (Å²) in [6, 6.07) is 3.15. The maximum absolute atomic E-state index is 12.4. The van der Waals surface area contributed by atoms with Crippen molar-refractivity contribution in [3.63, 3.8) is 0 Å². The molecule has 1 aromatic rings. The second-order valence-corrected chi connectivity index (χ2v) is 10.2. The van der Waals surface area contributed by atoms with Gasteiger partial charge in [0.25, 0.3) is 0 Å². The minimum absolute atomic E-state index is 0.140. The van der Waals surface area contributed by atoms with Crippen molar-refractivity contribution >= 4 is 25.5 Å². The molecule has 120 valence electrons. The van der Waals surface area contributed by atoms with Crippen molar-refractivity contribution in [2.75, 3.05) is 18.5 Å². The van der Waals surface area contributed by atoms with Crippen molar-refractivity contribution in [2.24, 2.45) is 0 Å². The van der Waals surface area contributed by atoms with Crippen LogP contribution >= 0.6 is 0 Å². The number of hydrogen-bond donors (Lipinski definition) is 2. The van der Waals surface area contributed by atoms with Crippen LogP contribution in [0.1, 0.15) is 25.0 Å². The van der Waals surface area contributed by atoms with Crippen molar-refractivity contribution in [3.8, 4) is 0 Å². The lowest BCUT2D eigenvalue weighted by Crippen LogP contribution is -2.43. The highest BCUT2D eigenvalue weighted by molar-refractivity contribution is 7.92. The number of nitrogen functional groups attached to an aromatic ring is 1. The van der Waals surface area contributed by atoms with Gasteiger partial charge in [0.15, 0.2) is 9.84 Å². The summed E-state index contributed by atoms with van der Waals surface area (Å²) >= 11 is 0. The maximum atomic E-state index is 12.4. The molecule has 6 nitrogen and oxygen atoms in total. The summed E-state index contributed by atoms with van der Waals surface area (Å²) in [6.45, 7) is 6.07. The van der Waals surface area contributed by atoms with E-state index in [-0.39, 0.29) is 11.4 Å². The van der Waals surface area contributed by atoms with Crippen molar-refractivity contribution < 1.29 is 16.8 Å². The number of aryl methyl sites for hydroxylation is 2. The van der Waals surface area contributed by atoms with Crippen LogP contribution in [-0.2, 0) is 19.9 Å². The predicted octanol–water partition coefficient (Wildman–Crippen LogP) is 0.987. The second-order valence-electron chi connectivity index (χ2n) is 5.84. The van der Waals surface area contributed by atoms with Gasteiger partial charge in [-0.05, 0) is 51.0 Å². The highest BCUT2D eigenvalue weighted by Crippen LogP contribution is 2.23. The van der Waals surface area contributed by atoms with E-state index < -0.39 is 24.6 Å². The zero-order valence-corrected chi connectivity index (χ0v) is 14.5. The Balaban J connectivity index is 3.16. The first-order valence-electron chi connectivity index (χ1n) is 6.34. The van der Waals surface area contributed by atoms with Gasteiger partial charge in [0.1, 0.15) is 0 Å². The highest BCUT2D eigenvalue weighted by atomic mass is 32.2. The van der Waals surface area contributed by atoms with Gasteiger partial charge in [0.2, 0.25) is 10.0 Å². The molecule has 0 fully saturated rings. The Labute approximate surface area is 126 Å². The van der Waals surface area contributed by atoms with Crippen LogP contribution in [0, 0.1) is 13.8 Å². The molecule has 0 aliphatic rings. The Hall–Kier alpha value is -1.12. The number of nitrogens with two attached hydrogens (primary N) is 1. The summed E-state index contributed by atoms with van der Waals surface area (Å²) in [5, 5.41) is 0. The molecule has 0 spiro atoms. The number of nitrogens with one attached hydrogen (secondary N) is 1. The summed E-state index contributed by atoms with van der Waals surface area (Å²) in [5.74, 6) is 0. The zero-order chi connectivity index (χ0) is 16.6. The van der Waals surface area contributed by atoms with Crippen molar-refractivity contribution in [1.29, 1.82) is 0 Å². The lowest BCUT2D eigenvalue weighted by atomic mass is 10.1. The highest BCUT2D eigenvalue weighted by Gasteiger charge is 2.32. The molecule has 1 rings (SSSR count). The smallest absolute Gasteiger partial charge is 0.241 e. The SMILES string of the molecule is Cc1cc(N)cc(C)c1S(=O)(=O)NCC(C)(C)S(C)(=O)=O. The van der Waals surface area contributed by atoms with Gasteiger partial charge in [-0.15, -0.1) is 0 Å². The van der Waals surface area contributed by atoms with Gasteiger partial charge >= 0.3 is 0 Å². The molecule has 21 heavy (non-hydrogen) atoms. The van der Waals surface area contributed by atoms with E-state index in [1.165, 1.54) is 13.8 Å². The topological polar surface area (TPSA) is 106 Å². The van der Waals surface area contributed by atoms with E-state index in [0.717, 1.165) is 6.26 Å². The molecule has 0 aliphatic carbocycles. The second kappa shape index (κ2) is 5.58. The van der Waals surface area contributed by atoms with Gasteiger partial charge < -0.3 is 5.73 Å². The van der Waals surface area contributed by atoms with Crippen LogP contribution in [0.4, 0.5) is 5.69 Å². The number of hydrogen-bond acceptors (Lipinski definition) is 5. The van der Waals surface area contributed by atoms with Crippen LogP contribution in [0.2, 0.25) is 0 Å². The third-order valence-electron chi connectivity index (χ3n) is 3.44. The van der Waals surface area contributed by atoms with Crippen molar-refractivity contribution in [1.82, 2.24) is 4.72 Å². The lowest BCUT2D eigenvalue weighted by molar-refractivity contribution is 0.536. The molecule has 8 heteroatoms. The Morgan fingerprint density at radius 3 is 1.90 bits per heavy atom. The minimum atomic E-state index is -3.80. The van der Waals surface area contributed by atoms with E-state index in [1.54, 1.807) is 26.0 Å². The summed E-state index contributed by atoms with van der Waals surface area (Å²) in [7, 11) is -7.18. The summed E-state index contributed by atoms with van der Waals surface area (Å²) in [4.78, 5) is 0.140. The monoisotopic (exact) mass is 334 g/mol. The first-order valence-corrected chi connectivity index (χ1v) is 9.71. The number of sulfone groups is 1. The molecule has 0 radical (unpaired) electrons. The number of anilines is 1. The van der Waals surface area contributed by atoms with E-state index in [4.69, 9.17) is 5.73 Å². The van der Waals surface area contributed by atoms with E-state index in [1.807, 2.05) is 0 Å². The van der Waals surface area contributed by atoms with Gasteiger partial charge in [-0.1, -0.05) is 0 Å². The standard InChI is InChI=1S/C13H22N2O4S2/c1-9-6-11(14)7-10(2)12(9)21(18,19)15-8-13(3,4)20(5,16)17/h6-7,15H,8,14H2,1-5H3. The average molecular weight is 334 g/mol. The lowest BCUT2D eigenvalue weighted by Gasteiger charge is -2.23. The molecule has 0 atom stereocenters. The van der Waals surface area contributed by atoms with Crippen LogP contribution in [0.25, 0.3) is 0 Å². The fraction of sp³-hybridized carbons (Fsp3) is 0.538. The number of sulfonamides is 1. The molecule has 0 heterocycles. The largest absolute Gasteiger partial charge is 0.399 e. The van der Waals surface area contributed by atoms with Gasteiger partial charge in [-0.3, -0.25) is 0 Å². The molecule has 0 bridgehead atoms. The molecule has 0 unspecified atom stereocenters. The van der Waals surface area contributed by atoms with Crippen LogP contribution in [0.15, 0.2) is 17.0 Å². The first-order chi connectivity index (χ1) is 9.28. The molecule has 0 saturated carbocycles. The van der Waals surface area contributed by atoms with Crippen LogP contribution in [0.5, 0.6) is 0 Å². The van der Waals surface area contributed by atoms with E-state index in [0.29, 0.717) is 16.8 Å². The number of rotatable bonds is 5. The molecular weight excluding hydrogens is 312 g/mol. The molecule has 3 N–H and O–H groups in total. The van der Waals surface area contributed by atoms with E-state index >= 15 is 0 Å². The van der Waals surface area contributed by atoms with Crippen LogP contribution in [0.3, 0.4) is 0 Å². The van der Waals surface area contributed by atoms with Crippen LogP contribution in [-0.4, -0.2) is 34.4 Å². The fourth-order valence-corrected chi connectivity index (χ4v) is 3.97. The average Bonchev–Trinajstić information content (AvgIpc) is 2.23. The quantitative estimate of drug-likeness (QED) is 0.781. The first kappa shape index (κ1) is 17.9. The van der Waals surface area contributed by atoms with Crippen molar-refractivity contribution in [3.05, 3.63) is 23.3 Å². The summed E-state index contributed by atoms with van der Waals surface area (Å²) in [6.07, 6.45) is 1.08. The molecule has 0 amide bonds. The molecule has 0 aliphatic heterocycles. The van der Waals surface area contributed by atoms with Gasteiger partial charge in [0.05, 0.1) is 9.64 Å². The molecule has 0 saturated heterocycles. The molecule has 0 aromatic heterocycles. The zero-order valence-electron chi connectivity index (χ0n) is 12.9. The summed E-state index contributed by atoms with van der Waals surface area (Å²) < 4.78 is 49.3. The minimum Gasteiger partial charge on any atom is -0.399 e. The normalized spacial score (nSPS) is 13.4. The maximum Gasteiger partial charge on any atom is 0.241 e. The van der Waals surface area contributed by atoms with Crippen molar-refractivity contribution in [2.45, 2.75) is 37.3 Å². The van der Waals surface area contributed by atoms with E-state index in [2.05, 4.69) is 4.72 Å². The number of benzene rings is 1. The predicted molar refractivity (Wildman–Crippen MR) is 84.4 cm³/mol. The Morgan fingerprint density at radius 1 is 1.10 bits per heavy atom. The Bertz CT molecular complexity index is 727. The van der Waals surface area contributed by atoms with Gasteiger partial charge in [-0.25, -0.2) is 21.6 Å². The van der Waals surface area contributed by atoms with Gasteiger partial charge in [-0.2, -0.15) is 0 Å².